The summed E-state index contributed by atoms with van der Waals surface area (Å²) in [5, 5.41) is 7.82. The van der Waals surface area contributed by atoms with E-state index < -0.39 is 10.0 Å². The fraction of sp³-hybridized carbons (Fsp3) is 0.471. The van der Waals surface area contributed by atoms with Crippen LogP contribution in [0.3, 0.4) is 0 Å². The van der Waals surface area contributed by atoms with Crippen molar-refractivity contribution in [3.8, 4) is 0 Å². The molecule has 1 aliphatic heterocycles. The second kappa shape index (κ2) is 6.86. The topological polar surface area (TPSA) is 66.1 Å². The van der Waals surface area contributed by atoms with E-state index in [1.165, 1.54) is 0 Å². The van der Waals surface area contributed by atoms with Gasteiger partial charge in [0.05, 0.1) is 17.5 Å². The molecule has 1 aromatic carbocycles. The van der Waals surface area contributed by atoms with E-state index in [1.807, 2.05) is 32.0 Å². The molecule has 130 valence electrons. The number of nitrogens with zero attached hydrogens (tertiary/aromatic N) is 2. The first-order chi connectivity index (χ1) is 11.4. The molecule has 3 rings (SSSR count). The van der Waals surface area contributed by atoms with Gasteiger partial charge >= 0.3 is 0 Å². The fourth-order valence-electron chi connectivity index (χ4n) is 3.47. The van der Waals surface area contributed by atoms with Gasteiger partial charge in [0.15, 0.2) is 0 Å². The smallest absolute Gasteiger partial charge is 0.214 e. The molecule has 0 radical (unpaired) electrons. The van der Waals surface area contributed by atoms with Crippen molar-refractivity contribution in [3.63, 3.8) is 0 Å². The standard InChI is InChI=1S/C17H22ClN3O2S/c1-12-17(13(2)20-19-12)16-7-4-9-21(16)24(22,23)10-8-14-5-3-6-15(18)11-14/h3,5-6,11,16H,4,7-10H2,1-2H3,(H,19,20). The molecule has 1 fully saturated rings. The van der Waals surface area contributed by atoms with E-state index in [-0.39, 0.29) is 11.8 Å². The Bertz CT molecular complexity index is 813. The molecule has 7 heteroatoms. The van der Waals surface area contributed by atoms with Crippen LogP contribution in [0.4, 0.5) is 0 Å². The molecule has 1 saturated heterocycles. The molecule has 24 heavy (non-hydrogen) atoms. The zero-order valence-corrected chi connectivity index (χ0v) is 15.5. The lowest BCUT2D eigenvalue weighted by Gasteiger charge is -2.24. The van der Waals surface area contributed by atoms with Crippen molar-refractivity contribution in [1.82, 2.24) is 14.5 Å². The van der Waals surface area contributed by atoms with Crippen molar-refractivity contribution in [2.24, 2.45) is 0 Å². The molecule has 1 N–H and O–H groups in total. The summed E-state index contributed by atoms with van der Waals surface area (Å²) in [6.45, 7) is 4.45. The molecule has 5 nitrogen and oxygen atoms in total. The number of nitrogens with one attached hydrogen (secondary N) is 1. The molecular formula is C17H22ClN3O2S. The van der Waals surface area contributed by atoms with Crippen LogP contribution in [0.25, 0.3) is 0 Å². The summed E-state index contributed by atoms with van der Waals surface area (Å²) >= 11 is 5.98. The number of hydrogen-bond donors (Lipinski definition) is 1. The maximum atomic E-state index is 12.9. The van der Waals surface area contributed by atoms with Gasteiger partial charge in [0.25, 0.3) is 0 Å². The number of hydrogen-bond acceptors (Lipinski definition) is 3. The lowest BCUT2D eigenvalue weighted by molar-refractivity contribution is 0.394. The Morgan fingerprint density at radius 2 is 2.17 bits per heavy atom. The summed E-state index contributed by atoms with van der Waals surface area (Å²) in [6.07, 6.45) is 2.19. The second-order valence-corrected chi connectivity index (χ2v) is 8.79. The Morgan fingerprint density at radius 3 is 2.83 bits per heavy atom. The van der Waals surface area contributed by atoms with Gasteiger partial charge in [0, 0.05) is 22.8 Å². The summed E-state index contributed by atoms with van der Waals surface area (Å²) in [6, 6.07) is 7.27. The Morgan fingerprint density at radius 1 is 1.38 bits per heavy atom. The molecule has 0 bridgehead atoms. The largest absolute Gasteiger partial charge is 0.282 e. The molecule has 2 aromatic rings. The highest BCUT2D eigenvalue weighted by Crippen LogP contribution is 2.37. The van der Waals surface area contributed by atoms with Gasteiger partial charge in [-0.15, -0.1) is 0 Å². The van der Waals surface area contributed by atoms with Gasteiger partial charge < -0.3 is 0 Å². The second-order valence-electron chi connectivity index (χ2n) is 6.31. The first-order valence-electron chi connectivity index (χ1n) is 8.14. The highest BCUT2D eigenvalue weighted by atomic mass is 35.5. The van der Waals surface area contributed by atoms with Crippen molar-refractivity contribution in [2.45, 2.75) is 39.2 Å². The lowest BCUT2D eigenvalue weighted by atomic mass is 10.0. The third-order valence-electron chi connectivity index (χ3n) is 4.62. The number of aromatic amines is 1. The minimum absolute atomic E-state index is 0.0970. The Labute approximate surface area is 148 Å². The van der Waals surface area contributed by atoms with Crippen LogP contribution in [0.15, 0.2) is 24.3 Å². The van der Waals surface area contributed by atoms with Crippen LogP contribution in [0, 0.1) is 13.8 Å². The number of sulfonamides is 1. The SMILES string of the molecule is Cc1n[nH]c(C)c1C1CCCN1S(=O)(=O)CCc1cccc(Cl)c1. The summed E-state index contributed by atoms with van der Waals surface area (Å²) < 4.78 is 27.4. The summed E-state index contributed by atoms with van der Waals surface area (Å²) in [5.41, 5.74) is 3.81. The molecule has 0 aliphatic carbocycles. The minimum atomic E-state index is -3.33. The van der Waals surface area contributed by atoms with Crippen molar-refractivity contribution in [3.05, 3.63) is 51.8 Å². The zero-order chi connectivity index (χ0) is 17.3. The first-order valence-corrected chi connectivity index (χ1v) is 10.1. The molecular weight excluding hydrogens is 346 g/mol. The molecule has 1 atom stereocenters. The number of halogens is 1. The van der Waals surface area contributed by atoms with E-state index in [1.54, 1.807) is 10.4 Å². The number of aromatic nitrogens is 2. The van der Waals surface area contributed by atoms with Crippen molar-refractivity contribution in [2.75, 3.05) is 12.3 Å². The number of benzene rings is 1. The maximum absolute atomic E-state index is 12.9. The third kappa shape index (κ3) is 3.50. The summed E-state index contributed by atoms with van der Waals surface area (Å²) in [7, 11) is -3.33. The van der Waals surface area contributed by atoms with Crippen LogP contribution in [0.5, 0.6) is 0 Å². The van der Waals surface area contributed by atoms with E-state index in [9.17, 15) is 8.42 Å². The van der Waals surface area contributed by atoms with Crippen molar-refractivity contribution < 1.29 is 8.42 Å². The quantitative estimate of drug-likeness (QED) is 0.880. The number of aryl methyl sites for hydroxylation is 3. The highest BCUT2D eigenvalue weighted by molar-refractivity contribution is 7.89. The van der Waals surface area contributed by atoms with E-state index in [0.29, 0.717) is 18.0 Å². The van der Waals surface area contributed by atoms with Crippen LogP contribution in [-0.4, -0.2) is 35.2 Å². The van der Waals surface area contributed by atoms with E-state index in [2.05, 4.69) is 10.2 Å². The molecule has 0 amide bonds. The predicted octanol–water partition coefficient (Wildman–Crippen LogP) is 3.39. The third-order valence-corrected chi connectivity index (χ3v) is 6.72. The average Bonchev–Trinajstić information content (AvgIpc) is 3.12. The molecule has 1 unspecified atom stereocenters. The Kier molecular flexibility index (Phi) is 4.99. The van der Waals surface area contributed by atoms with Crippen LogP contribution in [0.1, 0.15) is 41.4 Å². The van der Waals surface area contributed by atoms with Crippen molar-refractivity contribution >= 4 is 21.6 Å². The van der Waals surface area contributed by atoms with Gasteiger partial charge in [0.1, 0.15) is 0 Å². The van der Waals surface area contributed by atoms with E-state index in [0.717, 1.165) is 35.4 Å². The van der Waals surface area contributed by atoms with Crippen LogP contribution in [-0.2, 0) is 16.4 Å². The predicted molar refractivity (Wildman–Crippen MR) is 95.7 cm³/mol. The number of rotatable bonds is 5. The molecule has 1 aromatic heterocycles. The Hall–Kier alpha value is -1.37. The highest BCUT2D eigenvalue weighted by Gasteiger charge is 2.37. The minimum Gasteiger partial charge on any atom is -0.282 e. The summed E-state index contributed by atoms with van der Waals surface area (Å²) in [5.74, 6) is 0.0970. The van der Waals surface area contributed by atoms with Gasteiger partial charge in [-0.3, -0.25) is 5.10 Å². The van der Waals surface area contributed by atoms with Gasteiger partial charge in [0.2, 0.25) is 10.0 Å². The van der Waals surface area contributed by atoms with Crippen molar-refractivity contribution in [1.29, 1.82) is 0 Å². The summed E-state index contributed by atoms with van der Waals surface area (Å²) in [4.78, 5) is 0. The van der Waals surface area contributed by atoms with Gasteiger partial charge in [-0.25, -0.2) is 8.42 Å². The normalized spacial score (nSPS) is 19.0. The van der Waals surface area contributed by atoms with E-state index in [4.69, 9.17) is 11.6 Å². The monoisotopic (exact) mass is 367 g/mol. The van der Waals surface area contributed by atoms with Gasteiger partial charge in [-0.1, -0.05) is 23.7 Å². The van der Waals surface area contributed by atoms with Crippen LogP contribution >= 0.6 is 11.6 Å². The van der Waals surface area contributed by atoms with Gasteiger partial charge in [-0.2, -0.15) is 9.40 Å². The Balaban J connectivity index is 1.78. The average molecular weight is 368 g/mol. The number of H-pyrrole nitrogens is 1. The first kappa shape index (κ1) is 17.5. The van der Waals surface area contributed by atoms with Gasteiger partial charge in [-0.05, 0) is 50.8 Å². The lowest BCUT2D eigenvalue weighted by Crippen LogP contribution is -2.33. The van der Waals surface area contributed by atoms with Crippen LogP contribution < -0.4 is 0 Å². The molecule has 2 heterocycles. The van der Waals surface area contributed by atoms with E-state index >= 15 is 0 Å². The maximum Gasteiger partial charge on any atom is 0.214 e. The fourth-order valence-corrected chi connectivity index (χ4v) is 5.42. The molecule has 1 aliphatic rings. The van der Waals surface area contributed by atoms with Crippen LogP contribution in [0.2, 0.25) is 5.02 Å². The zero-order valence-electron chi connectivity index (χ0n) is 13.9. The molecule has 0 saturated carbocycles. The molecule has 0 spiro atoms.